The molecule has 6 nitrogen and oxygen atoms in total. The van der Waals surface area contributed by atoms with Crippen LogP contribution in [-0.2, 0) is 0 Å². The highest BCUT2D eigenvalue weighted by Gasteiger charge is 2.16. The lowest BCUT2D eigenvalue weighted by Crippen LogP contribution is -2.39. The van der Waals surface area contributed by atoms with Crippen LogP contribution in [0.1, 0.15) is 24.2 Å². The van der Waals surface area contributed by atoms with E-state index in [0.717, 1.165) is 16.9 Å². The lowest BCUT2D eigenvalue weighted by molar-refractivity contribution is 0.233. The largest absolute Gasteiger partial charge is 0.489 e. The smallest absolute Gasteiger partial charge is 0.315 e. The van der Waals surface area contributed by atoms with Gasteiger partial charge in [-0.25, -0.2) is 18.3 Å². The summed E-state index contributed by atoms with van der Waals surface area (Å²) >= 11 is 0. The Morgan fingerprint density at radius 3 is 2.62 bits per heavy atom. The Morgan fingerprint density at radius 1 is 1.17 bits per heavy atom. The first-order valence-corrected chi connectivity index (χ1v) is 9.18. The molecular weight excluding hydrogens is 378 g/mol. The quantitative estimate of drug-likeness (QED) is 0.591. The van der Waals surface area contributed by atoms with Crippen LogP contribution in [0.3, 0.4) is 0 Å². The first-order chi connectivity index (χ1) is 14.0. The monoisotopic (exact) mass is 400 g/mol. The summed E-state index contributed by atoms with van der Waals surface area (Å²) in [5, 5.41) is 9.83. The second-order valence-corrected chi connectivity index (χ2v) is 6.47. The molecule has 0 radical (unpaired) electrons. The summed E-state index contributed by atoms with van der Waals surface area (Å²) in [7, 11) is 0. The van der Waals surface area contributed by atoms with Gasteiger partial charge in [-0.15, -0.1) is 0 Å². The Morgan fingerprint density at radius 2 is 1.90 bits per heavy atom. The summed E-state index contributed by atoms with van der Waals surface area (Å²) in [5.74, 6) is -0.615. The summed E-state index contributed by atoms with van der Waals surface area (Å²) in [4.78, 5) is 12.1. The molecule has 29 heavy (non-hydrogen) atoms. The molecule has 0 bridgehead atoms. The van der Waals surface area contributed by atoms with Crippen LogP contribution < -0.4 is 15.4 Å². The average molecular weight is 400 g/mol. The number of carbonyl (C=O) groups is 1. The van der Waals surface area contributed by atoms with Gasteiger partial charge in [-0.05, 0) is 50.2 Å². The van der Waals surface area contributed by atoms with Gasteiger partial charge < -0.3 is 15.4 Å². The van der Waals surface area contributed by atoms with Gasteiger partial charge in [0.25, 0.3) is 0 Å². The molecule has 152 valence electrons. The van der Waals surface area contributed by atoms with E-state index >= 15 is 0 Å². The van der Waals surface area contributed by atoms with Gasteiger partial charge in [0.05, 0.1) is 24.5 Å². The summed E-state index contributed by atoms with van der Waals surface area (Å²) in [6.45, 7) is 4.09. The van der Waals surface area contributed by atoms with Crippen LogP contribution in [0.15, 0.2) is 54.7 Å². The molecule has 0 spiro atoms. The second kappa shape index (κ2) is 9.18. The lowest BCUT2D eigenvalue weighted by Gasteiger charge is -2.15. The number of nitrogens with one attached hydrogen (secondary N) is 2. The third-order valence-electron chi connectivity index (χ3n) is 4.41. The van der Waals surface area contributed by atoms with Gasteiger partial charge in [0.1, 0.15) is 12.4 Å². The maximum absolute atomic E-state index is 13.5. The second-order valence-electron chi connectivity index (χ2n) is 6.47. The normalized spacial score (nSPS) is 11.7. The Kier molecular flexibility index (Phi) is 6.43. The molecule has 0 unspecified atom stereocenters. The van der Waals surface area contributed by atoms with Crippen LogP contribution >= 0.6 is 0 Å². The third kappa shape index (κ3) is 5.10. The number of hydrogen-bond acceptors (Lipinski definition) is 3. The number of benzene rings is 2. The SMILES string of the molecule is Cc1c([C@@H](C)NC(=O)NCCOc2ccccc2F)cnn1-c1ccc(F)cc1. The van der Waals surface area contributed by atoms with Crippen LogP contribution in [0, 0.1) is 18.6 Å². The van der Waals surface area contributed by atoms with Crippen molar-refractivity contribution in [1.82, 2.24) is 20.4 Å². The lowest BCUT2D eigenvalue weighted by atomic mass is 10.1. The summed E-state index contributed by atoms with van der Waals surface area (Å²) in [6.07, 6.45) is 1.67. The number of carbonyl (C=O) groups excluding carboxylic acids is 1. The summed E-state index contributed by atoms with van der Waals surface area (Å²) < 4.78 is 33.6. The average Bonchev–Trinajstić information content (AvgIpc) is 3.08. The number of ether oxygens (including phenoxy) is 1. The Hall–Kier alpha value is -3.42. The van der Waals surface area contributed by atoms with E-state index in [1.54, 1.807) is 35.1 Å². The number of aromatic nitrogens is 2. The Bertz CT molecular complexity index is 973. The molecule has 8 heteroatoms. The maximum Gasteiger partial charge on any atom is 0.315 e. The Balaban J connectivity index is 1.51. The Labute approximate surface area is 167 Å². The van der Waals surface area contributed by atoms with Gasteiger partial charge in [0, 0.05) is 11.3 Å². The van der Waals surface area contributed by atoms with E-state index in [1.165, 1.54) is 24.3 Å². The number of para-hydroxylation sites is 1. The fraction of sp³-hybridized carbons (Fsp3) is 0.238. The van der Waals surface area contributed by atoms with E-state index < -0.39 is 5.82 Å². The number of hydrogen-bond donors (Lipinski definition) is 2. The standard InChI is InChI=1S/C21H22F2N4O2/c1-14(18-13-25-27(15(18)2)17-9-7-16(22)8-10-17)26-21(28)24-11-12-29-20-6-4-3-5-19(20)23/h3-10,13-14H,11-12H2,1-2H3,(H2,24,26,28)/t14-/m1/s1. The number of halogens is 2. The van der Waals surface area contributed by atoms with E-state index in [0.29, 0.717) is 0 Å². The predicted octanol–water partition coefficient (Wildman–Crippen LogP) is 3.90. The summed E-state index contributed by atoms with van der Waals surface area (Å²) in [5.41, 5.74) is 2.41. The fourth-order valence-corrected chi connectivity index (χ4v) is 2.90. The highest BCUT2D eigenvalue weighted by molar-refractivity contribution is 5.74. The number of nitrogens with zero attached hydrogens (tertiary/aromatic N) is 2. The molecule has 1 heterocycles. The van der Waals surface area contributed by atoms with Gasteiger partial charge in [0.2, 0.25) is 0 Å². The van der Waals surface area contributed by atoms with Crippen LogP contribution in [0.4, 0.5) is 13.6 Å². The van der Waals surface area contributed by atoms with Crippen molar-refractivity contribution >= 4 is 6.03 Å². The molecule has 1 atom stereocenters. The van der Waals surface area contributed by atoms with Crippen LogP contribution in [0.25, 0.3) is 5.69 Å². The molecule has 0 aliphatic heterocycles. The number of amides is 2. The van der Waals surface area contributed by atoms with Crippen molar-refractivity contribution in [3.05, 3.63) is 77.6 Å². The van der Waals surface area contributed by atoms with E-state index in [1.807, 2.05) is 13.8 Å². The topological polar surface area (TPSA) is 68.2 Å². The third-order valence-corrected chi connectivity index (χ3v) is 4.41. The van der Waals surface area contributed by atoms with Crippen molar-refractivity contribution in [1.29, 1.82) is 0 Å². The highest BCUT2D eigenvalue weighted by Crippen LogP contribution is 2.20. The van der Waals surface area contributed by atoms with E-state index in [2.05, 4.69) is 15.7 Å². The molecule has 0 aliphatic carbocycles. The number of urea groups is 1. The van der Waals surface area contributed by atoms with E-state index in [4.69, 9.17) is 4.74 Å². The first kappa shape index (κ1) is 20.3. The molecule has 0 aliphatic rings. The molecule has 3 rings (SSSR count). The zero-order chi connectivity index (χ0) is 20.8. The summed E-state index contributed by atoms with van der Waals surface area (Å²) in [6, 6.07) is 11.4. The molecule has 1 aromatic heterocycles. The molecular formula is C21H22F2N4O2. The van der Waals surface area contributed by atoms with Crippen LogP contribution in [-0.4, -0.2) is 29.0 Å². The van der Waals surface area contributed by atoms with E-state index in [-0.39, 0.29) is 36.8 Å². The van der Waals surface area contributed by atoms with Crippen molar-refractivity contribution in [3.63, 3.8) is 0 Å². The van der Waals surface area contributed by atoms with E-state index in [9.17, 15) is 13.6 Å². The van der Waals surface area contributed by atoms with Gasteiger partial charge in [-0.3, -0.25) is 0 Å². The van der Waals surface area contributed by atoms with Gasteiger partial charge >= 0.3 is 6.03 Å². The fourth-order valence-electron chi connectivity index (χ4n) is 2.90. The highest BCUT2D eigenvalue weighted by atomic mass is 19.1. The van der Waals surface area contributed by atoms with Crippen molar-refractivity contribution in [3.8, 4) is 11.4 Å². The molecule has 0 saturated heterocycles. The van der Waals surface area contributed by atoms with Crippen LogP contribution in [0.5, 0.6) is 5.75 Å². The molecule has 0 saturated carbocycles. The zero-order valence-electron chi connectivity index (χ0n) is 16.2. The van der Waals surface area contributed by atoms with Gasteiger partial charge in [-0.2, -0.15) is 5.10 Å². The van der Waals surface area contributed by atoms with Crippen LogP contribution in [0.2, 0.25) is 0 Å². The van der Waals surface area contributed by atoms with Crippen molar-refractivity contribution in [2.24, 2.45) is 0 Å². The zero-order valence-corrected chi connectivity index (χ0v) is 16.2. The van der Waals surface area contributed by atoms with Crippen molar-refractivity contribution < 1.29 is 18.3 Å². The minimum Gasteiger partial charge on any atom is -0.489 e. The van der Waals surface area contributed by atoms with Crippen molar-refractivity contribution in [2.45, 2.75) is 19.9 Å². The van der Waals surface area contributed by atoms with Gasteiger partial charge in [0.15, 0.2) is 11.6 Å². The molecule has 2 N–H and O–H groups in total. The predicted molar refractivity (Wildman–Crippen MR) is 105 cm³/mol. The number of rotatable bonds is 7. The molecule has 3 aromatic rings. The molecule has 2 aromatic carbocycles. The minimum absolute atomic E-state index is 0.143. The molecule has 0 fully saturated rings. The first-order valence-electron chi connectivity index (χ1n) is 9.18. The maximum atomic E-state index is 13.5. The van der Waals surface area contributed by atoms with Gasteiger partial charge in [-0.1, -0.05) is 12.1 Å². The van der Waals surface area contributed by atoms with Crippen molar-refractivity contribution in [2.75, 3.05) is 13.2 Å². The molecule has 2 amide bonds. The minimum atomic E-state index is -0.445.